The first-order valence-corrected chi connectivity index (χ1v) is 9.71. The summed E-state index contributed by atoms with van der Waals surface area (Å²) in [5.41, 5.74) is 8.96. The summed E-state index contributed by atoms with van der Waals surface area (Å²) in [6.07, 6.45) is 0. The van der Waals surface area contributed by atoms with E-state index in [1.165, 1.54) is 11.3 Å². The van der Waals surface area contributed by atoms with Crippen molar-refractivity contribution in [2.75, 3.05) is 18.2 Å². The number of nitrogens with zero attached hydrogens (tertiary/aromatic N) is 1. The van der Waals surface area contributed by atoms with Crippen molar-refractivity contribution in [3.8, 4) is 5.75 Å². The molecule has 1 aliphatic rings. The second kappa shape index (κ2) is 6.42. The van der Waals surface area contributed by atoms with Crippen molar-refractivity contribution in [3.05, 3.63) is 76.9 Å². The van der Waals surface area contributed by atoms with Gasteiger partial charge in [0, 0.05) is 16.8 Å². The number of anilines is 3. The van der Waals surface area contributed by atoms with Crippen molar-refractivity contribution in [2.24, 2.45) is 0 Å². The summed E-state index contributed by atoms with van der Waals surface area (Å²) in [6, 6.07) is 15.8. The second-order valence-electron chi connectivity index (χ2n) is 6.63. The molecule has 0 atom stereocenters. The lowest BCUT2D eigenvalue weighted by atomic mass is 9.82. The summed E-state index contributed by atoms with van der Waals surface area (Å²) in [5, 5.41) is 3.82. The number of methoxy groups -OCH3 is 1. The maximum Gasteiger partial charge on any atom is 0.196 e. The average molecular weight is 401 g/mol. The van der Waals surface area contributed by atoms with Crippen LogP contribution in [0.1, 0.15) is 31.8 Å². The molecule has 4 aromatic rings. The number of ether oxygens (including phenoxy) is 1. The minimum absolute atomic E-state index is 0.229. The largest absolute Gasteiger partial charge is 0.497 e. The summed E-state index contributed by atoms with van der Waals surface area (Å²) < 4.78 is 6.21. The number of thiazole rings is 1. The maximum absolute atomic E-state index is 13.2. The molecule has 142 valence electrons. The van der Waals surface area contributed by atoms with Crippen LogP contribution in [-0.2, 0) is 0 Å². The van der Waals surface area contributed by atoms with Gasteiger partial charge in [0.25, 0.3) is 0 Å². The molecule has 0 saturated carbocycles. The first-order valence-electron chi connectivity index (χ1n) is 8.89. The fraction of sp³-hybridized carbons (Fsp3) is 0.0455. The molecule has 1 aromatic heterocycles. The molecule has 1 aliphatic carbocycles. The van der Waals surface area contributed by atoms with Crippen LogP contribution < -0.4 is 15.8 Å². The van der Waals surface area contributed by atoms with E-state index >= 15 is 0 Å². The van der Waals surface area contributed by atoms with Gasteiger partial charge >= 0.3 is 0 Å². The van der Waals surface area contributed by atoms with Gasteiger partial charge in [-0.3, -0.25) is 9.59 Å². The van der Waals surface area contributed by atoms with Gasteiger partial charge in [-0.15, -0.1) is 0 Å². The van der Waals surface area contributed by atoms with Crippen molar-refractivity contribution in [1.82, 2.24) is 4.98 Å². The number of ketones is 2. The van der Waals surface area contributed by atoms with E-state index in [0.29, 0.717) is 21.9 Å². The fourth-order valence-electron chi connectivity index (χ4n) is 3.55. The minimum Gasteiger partial charge on any atom is -0.497 e. The number of carbonyl (C=O) groups excluding carboxylic acids is 2. The molecule has 6 nitrogen and oxygen atoms in total. The number of hydrogen-bond donors (Lipinski definition) is 2. The van der Waals surface area contributed by atoms with Gasteiger partial charge in [0.15, 0.2) is 16.7 Å². The van der Waals surface area contributed by atoms with E-state index in [1.54, 1.807) is 43.5 Å². The SMILES string of the molecule is COc1ccc2nc(Nc3ccc(N)c4c3C(=O)c3ccccc3C4=O)sc2c1. The van der Waals surface area contributed by atoms with Gasteiger partial charge in [0.2, 0.25) is 0 Å². The Morgan fingerprint density at radius 3 is 2.41 bits per heavy atom. The summed E-state index contributed by atoms with van der Waals surface area (Å²) in [5.74, 6) is 0.271. The number of fused-ring (bicyclic) bond motifs is 3. The average Bonchev–Trinajstić information content (AvgIpc) is 3.14. The molecule has 7 heteroatoms. The van der Waals surface area contributed by atoms with E-state index in [-0.39, 0.29) is 28.4 Å². The number of aromatic nitrogens is 1. The van der Waals surface area contributed by atoms with Crippen LogP contribution in [0.3, 0.4) is 0 Å². The van der Waals surface area contributed by atoms with Crippen LogP contribution >= 0.6 is 11.3 Å². The lowest BCUT2D eigenvalue weighted by Gasteiger charge is -2.21. The van der Waals surface area contributed by atoms with Crippen LogP contribution in [-0.4, -0.2) is 23.7 Å². The number of benzene rings is 3. The monoisotopic (exact) mass is 401 g/mol. The zero-order chi connectivity index (χ0) is 20.1. The molecule has 0 unspecified atom stereocenters. The molecule has 0 aliphatic heterocycles. The van der Waals surface area contributed by atoms with Gasteiger partial charge in [-0.05, 0) is 30.3 Å². The van der Waals surface area contributed by atoms with Gasteiger partial charge in [0.1, 0.15) is 5.75 Å². The van der Waals surface area contributed by atoms with Crippen LogP contribution in [0.4, 0.5) is 16.5 Å². The fourth-order valence-corrected chi connectivity index (χ4v) is 4.46. The lowest BCUT2D eigenvalue weighted by Crippen LogP contribution is -2.23. The highest BCUT2D eigenvalue weighted by molar-refractivity contribution is 7.22. The molecule has 0 saturated heterocycles. The van der Waals surface area contributed by atoms with Crippen molar-refractivity contribution < 1.29 is 14.3 Å². The van der Waals surface area contributed by atoms with Gasteiger partial charge < -0.3 is 15.8 Å². The first kappa shape index (κ1) is 17.4. The smallest absolute Gasteiger partial charge is 0.196 e. The van der Waals surface area contributed by atoms with Crippen LogP contribution in [0.15, 0.2) is 54.6 Å². The molecule has 0 fully saturated rings. The number of rotatable bonds is 3. The highest BCUT2D eigenvalue weighted by Crippen LogP contribution is 2.38. The molecule has 0 spiro atoms. The van der Waals surface area contributed by atoms with Gasteiger partial charge in [-0.25, -0.2) is 4.98 Å². The van der Waals surface area contributed by atoms with Crippen LogP contribution in [0.5, 0.6) is 5.75 Å². The highest BCUT2D eigenvalue weighted by Gasteiger charge is 2.33. The molecule has 5 rings (SSSR count). The Kier molecular flexibility index (Phi) is 3.85. The molecule has 3 N–H and O–H groups in total. The third kappa shape index (κ3) is 2.67. The lowest BCUT2D eigenvalue weighted by molar-refractivity contribution is 0.0980. The topological polar surface area (TPSA) is 94.3 Å². The van der Waals surface area contributed by atoms with Crippen molar-refractivity contribution >= 4 is 49.6 Å². The van der Waals surface area contributed by atoms with E-state index in [4.69, 9.17) is 10.5 Å². The molecular formula is C22H15N3O3S. The third-order valence-electron chi connectivity index (χ3n) is 4.95. The normalized spacial score (nSPS) is 12.6. The van der Waals surface area contributed by atoms with Crippen LogP contribution in [0, 0.1) is 0 Å². The molecule has 1 heterocycles. The van der Waals surface area contributed by atoms with Crippen molar-refractivity contribution in [1.29, 1.82) is 0 Å². The predicted molar refractivity (Wildman–Crippen MR) is 114 cm³/mol. The standard InChI is InChI=1S/C22H15N3O3S/c1-28-11-6-8-15-17(10-11)29-22(24-15)25-16-9-7-14(23)18-19(16)21(27)13-5-3-2-4-12(13)20(18)26/h2-10H,23H2,1H3,(H,24,25). The van der Waals surface area contributed by atoms with Gasteiger partial charge in [-0.2, -0.15) is 0 Å². The highest BCUT2D eigenvalue weighted by atomic mass is 32.1. The Morgan fingerprint density at radius 2 is 1.69 bits per heavy atom. The maximum atomic E-state index is 13.2. The Bertz CT molecular complexity index is 1330. The van der Waals surface area contributed by atoms with E-state index in [2.05, 4.69) is 10.3 Å². The molecule has 0 amide bonds. The van der Waals surface area contributed by atoms with E-state index in [1.807, 2.05) is 18.2 Å². The molecule has 0 bridgehead atoms. The quantitative estimate of drug-likeness (QED) is 0.435. The Balaban J connectivity index is 1.63. The molecule has 29 heavy (non-hydrogen) atoms. The summed E-state index contributed by atoms with van der Waals surface area (Å²) >= 11 is 1.43. The zero-order valence-corrected chi connectivity index (χ0v) is 16.2. The van der Waals surface area contributed by atoms with Crippen LogP contribution in [0.2, 0.25) is 0 Å². The summed E-state index contributed by atoms with van der Waals surface area (Å²) in [6.45, 7) is 0. The third-order valence-corrected chi connectivity index (χ3v) is 5.88. The van der Waals surface area contributed by atoms with Crippen LogP contribution in [0.25, 0.3) is 10.2 Å². The first-order chi connectivity index (χ1) is 14.1. The van der Waals surface area contributed by atoms with E-state index < -0.39 is 0 Å². The number of nitrogens with two attached hydrogens (primary N) is 1. The second-order valence-corrected chi connectivity index (χ2v) is 7.66. The Hall–Kier alpha value is -3.71. The Labute approximate surface area is 170 Å². The Morgan fingerprint density at radius 1 is 0.966 bits per heavy atom. The van der Waals surface area contributed by atoms with Crippen molar-refractivity contribution in [3.63, 3.8) is 0 Å². The molecular weight excluding hydrogens is 386 g/mol. The molecule has 3 aromatic carbocycles. The number of nitrogen functional groups attached to an aromatic ring is 1. The van der Waals surface area contributed by atoms with Gasteiger partial charge in [0.05, 0.1) is 34.1 Å². The van der Waals surface area contributed by atoms with E-state index in [0.717, 1.165) is 16.0 Å². The number of hydrogen-bond acceptors (Lipinski definition) is 7. The summed E-state index contributed by atoms with van der Waals surface area (Å²) in [4.78, 5) is 30.8. The number of nitrogens with one attached hydrogen (secondary N) is 1. The minimum atomic E-state index is -0.245. The zero-order valence-electron chi connectivity index (χ0n) is 15.4. The number of carbonyl (C=O) groups is 2. The van der Waals surface area contributed by atoms with E-state index in [9.17, 15) is 9.59 Å². The summed E-state index contributed by atoms with van der Waals surface area (Å²) in [7, 11) is 1.61. The molecule has 0 radical (unpaired) electrons. The van der Waals surface area contributed by atoms with Gasteiger partial charge in [-0.1, -0.05) is 35.6 Å². The van der Waals surface area contributed by atoms with Crippen molar-refractivity contribution in [2.45, 2.75) is 0 Å². The predicted octanol–water partition coefficient (Wildman–Crippen LogP) is 4.41.